The zero-order chi connectivity index (χ0) is 11.0. The molecule has 1 aliphatic rings. The molecule has 0 saturated carbocycles. The Balaban J connectivity index is 2.67. The van der Waals surface area contributed by atoms with E-state index in [0.29, 0.717) is 18.7 Å². The van der Waals surface area contributed by atoms with Gasteiger partial charge in [0.25, 0.3) is 5.56 Å². The number of ether oxygens (including phenoxy) is 1. The molecule has 0 atom stereocenters. The Hall–Kier alpha value is -1.78. The second kappa shape index (κ2) is 3.42. The standard InChI is InChI=1S/C10H11NO4/c1-15-10(14)6-5-8(12)9(13)11-4-2-3-7(6)11/h5,12H,2-4H2,1H3. The van der Waals surface area contributed by atoms with Crippen LogP contribution in [0.4, 0.5) is 0 Å². The highest BCUT2D eigenvalue weighted by Crippen LogP contribution is 2.20. The smallest absolute Gasteiger partial charge is 0.339 e. The Morgan fingerprint density at radius 1 is 1.60 bits per heavy atom. The Labute approximate surface area is 85.9 Å². The van der Waals surface area contributed by atoms with E-state index in [9.17, 15) is 14.7 Å². The summed E-state index contributed by atoms with van der Waals surface area (Å²) in [6.45, 7) is 0.548. The molecule has 5 heteroatoms. The molecule has 1 aliphatic heterocycles. The summed E-state index contributed by atoms with van der Waals surface area (Å²) in [5.74, 6) is -0.919. The van der Waals surface area contributed by atoms with Crippen LogP contribution in [-0.2, 0) is 17.7 Å². The van der Waals surface area contributed by atoms with Crippen molar-refractivity contribution in [3.05, 3.63) is 27.7 Å². The number of hydrogen-bond acceptors (Lipinski definition) is 4. The number of methoxy groups -OCH3 is 1. The highest BCUT2D eigenvalue weighted by molar-refractivity contribution is 5.91. The summed E-state index contributed by atoms with van der Waals surface area (Å²) in [5.41, 5.74) is 0.506. The molecule has 80 valence electrons. The molecule has 2 rings (SSSR count). The van der Waals surface area contributed by atoms with Crippen LogP contribution in [0.3, 0.4) is 0 Å². The fraction of sp³-hybridized carbons (Fsp3) is 0.400. The first-order valence-electron chi connectivity index (χ1n) is 4.69. The topological polar surface area (TPSA) is 68.5 Å². The molecular formula is C10H11NO4. The zero-order valence-electron chi connectivity index (χ0n) is 8.32. The van der Waals surface area contributed by atoms with Gasteiger partial charge >= 0.3 is 5.97 Å². The van der Waals surface area contributed by atoms with Gasteiger partial charge in [-0.05, 0) is 12.8 Å². The molecule has 1 aromatic heterocycles. The van der Waals surface area contributed by atoms with Crippen molar-refractivity contribution in [3.8, 4) is 5.75 Å². The van der Waals surface area contributed by atoms with Gasteiger partial charge in [-0.25, -0.2) is 4.79 Å². The number of hydrogen-bond donors (Lipinski definition) is 1. The van der Waals surface area contributed by atoms with Crippen molar-refractivity contribution >= 4 is 5.97 Å². The predicted molar refractivity (Wildman–Crippen MR) is 52.0 cm³/mol. The number of fused-ring (bicyclic) bond motifs is 1. The van der Waals surface area contributed by atoms with E-state index in [4.69, 9.17) is 0 Å². The third kappa shape index (κ3) is 1.40. The third-order valence-electron chi connectivity index (χ3n) is 2.58. The van der Waals surface area contributed by atoms with Crippen molar-refractivity contribution in [2.45, 2.75) is 19.4 Å². The average Bonchev–Trinajstić information content (AvgIpc) is 2.71. The molecule has 2 heterocycles. The average molecular weight is 209 g/mol. The Kier molecular flexibility index (Phi) is 2.22. The summed E-state index contributed by atoms with van der Waals surface area (Å²) in [6.07, 6.45) is 1.47. The van der Waals surface area contributed by atoms with Gasteiger partial charge in [0, 0.05) is 18.3 Å². The maximum Gasteiger partial charge on any atom is 0.339 e. The summed E-state index contributed by atoms with van der Waals surface area (Å²) in [7, 11) is 1.27. The lowest BCUT2D eigenvalue weighted by Gasteiger charge is -2.08. The molecule has 0 spiro atoms. The maximum atomic E-state index is 11.5. The number of carbonyl (C=O) groups is 1. The van der Waals surface area contributed by atoms with Crippen LogP contribution in [0.2, 0.25) is 0 Å². The van der Waals surface area contributed by atoms with E-state index >= 15 is 0 Å². The van der Waals surface area contributed by atoms with Crippen molar-refractivity contribution in [2.75, 3.05) is 7.11 Å². The summed E-state index contributed by atoms with van der Waals surface area (Å²) in [6, 6.07) is 1.19. The summed E-state index contributed by atoms with van der Waals surface area (Å²) >= 11 is 0. The second-order valence-corrected chi connectivity index (χ2v) is 3.44. The van der Waals surface area contributed by atoms with Crippen LogP contribution in [0, 0.1) is 0 Å². The van der Waals surface area contributed by atoms with Crippen LogP contribution in [-0.4, -0.2) is 22.8 Å². The molecule has 5 nitrogen and oxygen atoms in total. The van der Waals surface area contributed by atoms with Crippen molar-refractivity contribution in [1.82, 2.24) is 4.57 Å². The highest BCUT2D eigenvalue weighted by Gasteiger charge is 2.22. The zero-order valence-corrected chi connectivity index (χ0v) is 8.32. The molecule has 0 aliphatic carbocycles. The number of carbonyl (C=O) groups excluding carboxylic acids is 1. The fourth-order valence-corrected chi connectivity index (χ4v) is 1.89. The minimum atomic E-state index is -0.518. The van der Waals surface area contributed by atoms with Gasteiger partial charge in [0.2, 0.25) is 0 Å². The molecule has 0 aromatic carbocycles. The van der Waals surface area contributed by atoms with Crippen molar-refractivity contribution in [2.24, 2.45) is 0 Å². The Morgan fingerprint density at radius 3 is 3.00 bits per heavy atom. The lowest BCUT2D eigenvalue weighted by atomic mass is 10.1. The van der Waals surface area contributed by atoms with Crippen LogP contribution < -0.4 is 5.56 Å². The fourth-order valence-electron chi connectivity index (χ4n) is 1.89. The van der Waals surface area contributed by atoms with Crippen LogP contribution in [0.1, 0.15) is 22.5 Å². The van der Waals surface area contributed by atoms with E-state index in [1.807, 2.05) is 0 Å². The Morgan fingerprint density at radius 2 is 2.33 bits per heavy atom. The van der Waals surface area contributed by atoms with Gasteiger partial charge in [-0.2, -0.15) is 0 Å². The van der Waals surface area contributed by atoms with Crippen LogP contribution >= 0.6 is 0 Å². The van der Waals surface area contributed by atoms with Crippen LogP contribution in [0.15, 0.2) is 10.9 Å². The molecule has 1 N–H and O–H groups in total. The van der Waals surface area contributed by atoms with Crippen molar-refractivity contribution < 1.29 is 14.6 Å². The lowest BCUT2D eigenvalue weighted by Crippen LogP contribution is -2.22. The van der Waals surface area contributed by atoms with Gasteiger partial charge in [-0.3, -0.25) is 4.79 Å². The van der Waals surface area contributed by atoms with E-state index in [-0.39, 0.29) is 5.56 Å². The largest absolute Gasteiger partial charge is 0.503 e. The lowest BCUT2D eigenvalue weighted by molar-refractivity contribution is 0.0598. The van der Waals surface area contributed by atoms with E-state index < -0.39 is 17.3 Å². The van der Waals surface area contributed by atoms with Crippen molar-refractivity contribution in [3.63, 3.8) is 0 Å². The number of esters is 1. The van der Waals surface area contributed by atoms with Gasteiger partial charge in [0.1, 0.15) is 0 Å². The normalized spacial score (nSPS) is 13.7. The van der Waals surface area contributed by atoms with E-state index in [1.54, 1.807) is 0 Å². The van der Waals surface area contributed by atoms with Crippen LogP contribution in [0.25, 0.3) is 0 Å². The quantitative estimate of drug-likeness (QED) is 0.675. The maximum absolute atomic E-state index is 11.5. The van der Waals surface area contributed by atoms with Gasteiger partial charge in [-0.15, -0.1) is 0 Å². The van der Waals surface area contributed by atoms with Crippen molar-refractivity contribution in [1.29, 1.82) is 0 Å². The SMILES string of the molecule is COC(=O)c1cc(O)c(=O)n2c1CCC2. The van der Waals surface area contributed by atoms with Gasteiger partial charge in [0.15, 0.2) is 5.75 Å². The van der Waals surface area contributed by atoms with E-state index in [1.165, 1.54) is 17.7 Å². The molecule has 1 aromatic rings. The minimum Gasteiger partial charge on any atom is -0.503 e. The Bertz CT molecular complexity index is 475. The number of rotatable bonds is 1. The summed E-state index contributed by atoms with van der Waals surface area (Å²) in [5, 5.41) is 9.37. The molecule has 0 amide bonds. The summed E-state index contributed by atoms with van der Waals surface area (Å²) in [4.78, 5) is 22.9. The van der Waals surface area contributed by atoms with E-state index in [2.05, 4.69) is 4.74 Å². The first-order valence-corrected chi connectivity index (χ1v) is 4.69. The number of pyridine rings is 1. The molecule has 0 unspecified atom stereocenters. The monoisotopic (exact) mass is 209 g/mol. The minimum absolute atomic E-state index is 0.284. The number of aromatic hydroxyl groups is 1. The molecule has 15 heavy (non-hydrogen) atoms. The first kappa shape index (κ1) is 9.76. The predicted octanol–water partition coefficient (Wildman–Crippen LogP) is 0.287. The third-order valence-corrected chi connectivity index (χ3v) is 2.58. The van der Waals surface area contributed by atoms with Gasteiger partial charge in [0.05, 0.1) is 12.7 Å². The van der Waals surface area contributed by atoms with Gasteiger partial charge < -0.3 is 14.4 Å². The molecular weight excluding hydrogens is 198 g/mol. The first-order chi connectivity index (χ1) is 7.15. The highest BCUT2D eigenvalue weighted by atomic mass is 16.5. The van der Waals surface area contributed by atoms with Gasteiger partial charge in [-0.1, -0.05) is 0 Å². The number of aromatic nitrogens is 1. The summed E-state index contributed by atoms with van der Waals surface area (Å²) < 4.78 is 6.02. The molecule has 0 bridgehead atoms. The molecule has 0 fully saturated rings. The van der Waals surface area contributed by atoms with Crippen LogP contribution in [0.5, 0.6) is 5.75 Å². The van der Waals surface area contributed by atoms with E-state index in [0.717, 1.165) is 6.42 Å². The molecule has 0 radical (unpaired) electrons. The number of nitrogens with zero attached hydrogens (tertiary/aromatic N) is 1. The molecule has 0 saturated heterocycles. The second-order valence-electron chi connectivity index (χ2n) is 3.44.